The van der Waals surface area contributed by atoms with Gasteiger partial charge in [0.05, 0.1) is 25.1 Å². The van der Waals surface area contributed by atoms with Crippen LogP contribution in [0.3, 0.4) is 0 Å². The Morgan fingerprint density at radius 1 is 0.943 bits per heavy atom. The highest BCUT2D eigenvalue weighted by atomic mass is 32.2. The van der Waals surface area contributed by atoms with Crippen molar-refractivity contribution in [2.75, 3.05) is 45.7 Å². The van der Waals surface area contributed by atoms with Gasteiger partial charge in [-0.05, 0) is 92.3 Å². The number of Topliss-reactive ketones (excluding diaryl/α,β-unsaturated/α-hetero) is 1. The molecule has 1 aliphatic heterocycles. The van der Waals surface area contributed by atoms with E-state index in [1.54, 1.807) is 0 Å². The van der Waals surface area contributed by atoms with Crippen molar-refractivity contribution >= 4 is 15.8 Å². The van der Waals surface area contributed by atoms with Gasteiger partial charge in [0.2, 0.25) is 10.0 Å². The monoisotopic (exact) mass is 510 g/mol. The van der Waals surface area contributed by atoms with E-state index >= 15 is 0 Å². The second-order valence-corrected chi connectivity index (χ2v) is 15.2. The Bertz CT molecular complexity index is 968. The number of carbonyl (C=O) groups excluding carboxylic acids is 1. The highest BCUT2D eigenvalue weighted by Crippen LogP contribution is 2.70. The number of hydrogen-bond acceptors (Lipinski definition) is 5. The first kappa shape index (κ1) is 24.7. The van der Waals surface area contributed by atoms with Crippen LogP contribution >= 0.6 is 0 Å². The van der Waals surface area contributed by atoms with E-state index in [9.17, 15) is 22.7 Å². The van der Waals surface area contributed by atoms with E-state index in [2.05, 4.69) is 11.8 Å². The molecule has 5 aliphatic carbocycles. The van der Waals surface area contributed by atoms with Gasteiger partial charge >= 0.3 is 0 Å². The smallest absolute Gasteiger partial charge is 0.211 e. The number of hydrogen-bond donors (Lipinski definition) is 1. The Kier molecular flexibility index (Phi) is 5.99. The fourth-order valence-corrected chi connectivity index (χ4v) is 11.1. The lowest BCUT2D eigenvalue weighted by atomic mass is 9.49. The molecule has 0 aromatic rings. The summed E-state index contributed by atoms with van der Waals surface area (Å²) in [6, 6.07) is 0. The molecule has 35 heavy (non-hydrogen) atoms. The first-order valence-corrected chi connectivity index (χ1v) is 15.9. The van der Waals surface area contributed by atoms with Gasteiger partial charge in [0.25, 0.3) is 0 Å². The highest BCUT2D eigenvalue weighted by molar-refractivity contribution is 7.88. The van der Waals surface area contributed by atoms with Crippen LogP contribution in [0.2, 0.25) is 0 Å². The van der Waals surface area contributed by atoms with E-state index in [1.807, 2.05) is 0 Å². The topological polar surface area (TPSA) is 77.9 Å². The third-order valence-corrected chi connectivity index (χ3v) is 13.3. The van der Waals surface area contributed by atoms with Crippen molar-refractivity contribution < 1.29 is 22.7 Å². The van der Waals surface area contributed by atoms with E-state index in [4.69, 9.17) is 0 Å². The second kappa shape index (κ2) is 8.47. The fraction of sp³-hybridized carbons (Fsp3) is 0.963. The van der Waals surface area contributed by atoms with Crippen molar-refractivity contribution in [3.05, 3.63) is 0 Å². The summed E-state index contributed by atoms with van der Waals surface area (Å²) < 4.78 is 38.7. The zero-order valence-corrected chi connectivity index (χ0v) is 22.2. The highest BCUT2D eigenvalue weighted by Gasteiger charge is 2.71. The Balaban J connectivity index is 1.10. The summed E-state index contributed by atoms with van der Waals surface area (Å²) in [7, 11) is -3.16. The fourth-order valence-electron chi connectivity index (χ4n) is 10.3. The summed E-state index contributed by atoms with van der Waals surface area (Å²) in [6.07, 6.45) is 9.85. The molecule has 0 bridgehead atoms. The number of piperazine rings is 1. The van der Waals surface area contributed by atoms with Crippen molar-refractivity contribution in [1.29, 1.82) is 0 Å². The van der Waals surface area contributed by atoms with Gasteiger partial charge in [0.1, 0.15) is 5.78 Å². The maximum Gasteiger partial charge on any atom is 0.211 e. The van der Waals surface area contributed by atoms with Crippen molar-refractivity contribution in [3.63, 3.8) is 0 Å². The molecule has 6 aliphatic rings. The molecule has 1 N–H and O–H groups in total. The number of nitrogens with zero attached hydrogens (tertiary/aromatic N) is 2. The largest absolute Gasteiger partial charge is 0.389 e. The summed E-state index contributed by atoms with van der Waals surface area (Å²) in [5, 5.41) is 10.9. The lowest BCUT2D eigenvalue weighted by molar-refractivity contribution is -0.132. The molecule has 6 fully saturated rings. The quantitative estimate of drug-likeness (QED) is 0.615. The van der Waals surface area contributed by atoms with Gasteiger partial charge in [-0.15, -0.1) is 0 Å². The molecule has 0 radical (unpaired) electrons. The van der Waals surface area contributed by atoms with Crippen molar-refractivity contribution in [2.45, 2.75) is 63.9 Å². The van der Waals surface area contributed by atoms with Crippen LogP contribution in [0.5, 0.6) is 0 Å². The van der Waals surface area contributed by atoms with E-state index < -0.39 is 15.6 Å². The molecule has 0 aromatic heterocycles. The SMILES string of the molecule is C[C@]12CC[C@@H]3[C@H]4CC[C@]5(O)C(CF)C5[C@@H]4CC[C@H]3[C@@H]1CC[C@@H]2C(=O)CN1CCN(S(C)(=O)=O)CC1. The van der Waals surface area contributed by atoms with Crippen molar-refractivity contribution in [2.24, 2.45) is 52.8 Å². The number of ketones is 1. The van der Waals surface area contributed by atoms with E-state index in [0.29, 0.717) is 68.1 Å². The van der Waals surface area contributed by atoms with E-state index in [0.717, 1.165) is 38.5 Å². The van der Waals surface area contributed by atoms with Gasteiger partial charge in [-0.25, -0.2) is 8.42 Å². The average molecular weight is 511 g/mol. The van der Waals surface area contributed by atoms with Crippen molar-refractivity contribution in [1.82, 2.24) is 9.21 Å². The Hall–Kier alpha value is -0.570. The molecule has 2 unspecified atom stereocenters. The zero-order valence-electron chi connectivity index (χ0n) is 21.4. The van der Waals surface area contributed by atoms with Crippen LogP contribution in [-0.4, -0.2) is 79.8 Å². The summed E-state index contributed by atoms with van der Waals surface area (Å²) in [5.41, 5.74) is -0.625. The molecule has 10 atom stereocenters. The molecule has 0 amide bonds. The van der Waals surface area contributed by atoms with E-state index in [1.165, 1.54) is 23.4 Å². The first-order valence-electron chi connectivity index (χ1n) is 14.1. The minimum atomic E-state index is -3.16. The first-order chi connectivity index (χ1) is 16.6. The van der Waals surface area contributed by atoms with Gasteiger partial charge in [0.15, 0.2) is 0 Å². The van der Waals surface area contributed by atoms with Crippen LogP contribution in [0.25, 0.3) is 0 Å². The molecule has 1 saturated heterocycles. The Morgan fingerprint density at radius 2 is 1.60 bits per heavy atom. The molecule has 5 saturated carbocycles. The van der Waals surface area contributed by atoms with Gasteiger partial charge in [0, 0.05) is 38.0 Å². The maximum atomic E-state index is 13.6. The number of rotatable bonds is 5. The normalized spacial score (nSPS) is 50.1. The van der Waals surface area contributed by atoms with Gasteiger partial charge in [-0.2, -0.15) is 4.31 Å². The maximum absolute atomic E-state index is 13.6. The lowest BCUT2D eigenvalue weighted by Gasteiger charge is -2.56. The average Bonchev–Trinajstić information content (AvgIpc) is 3.28. The van der Waals surface area contributed by atoms with Crippen LogP contribution in [-0.2, 0) is 14.8 Å². The molecular formula is C27H43FN2O4S. The standard InChI is InChI=1S/C27H43FN2O4S/c1-26-9-7-17-18-8-10-27(32)23(15-28)25(27)20(18)4-3-19(17)21(26)5-6-22(26)24(31)16-29-11-13-30(14-12-29)35(2,33)34/h17-23,25,32H,3-16H2,1-2H3/t17-,18-,19-,20-,21+,22-,23?,25?,26+,27+/m1/s1. The van der Waals surface area contributed by atoms with Crippen molar-refractivity contribution in [3.8, 4) is 0 Å². The van der Waals surface area contributed by atoms with Crippen LogP contribution < -0.4 is 0 Å². The lowest BCUT2D eigenvalue weighted by Crippen LogP contribution is -2.52. The second-order valence-electron chi connectivity index (χ2n) is 13.2. The summed E-state index contributed by atoms with van der Waals surface area (Å²) in [6.45, 7) is 4.68. The molecule has 198 valence electrons. The number of alkyl halides is 1. The molecular weight excluding hydrogens is 467 g/mol. The minimum absolute atomic E-state index is 0.0795. The number of halogens is 1. The van der Waals surface area contributed by atoms with Gasteiger partial charge < -0.3 is 5.11 Å². The Labute approximate surface area is 210 Å². The number of fused-ring (bicyclic) bond motifs is 7. The zero-order chi connectivity index (χ0) is 24.8. The molecule has 1 heterocycles. The predicted octanol–water partition coefficient (Wildman–Crippen LogP) is 2.96. The number of sulfonamides is 1. The summed E-state index contributed by atoms with van der Waals surface area (Å²) in [5.74, 6) is 3.68. The summed E-state index contributed by atoms with van der Waals surface area (Å²) in [4.78, 5) is 15.7. The molecule has 6 nitrogen and oxygen atoms in total. The molecule has 0 aromatic carbocycles. The molecule has 6 rings (SSSR count). The van der Waals surface area contributed by atoms with Gasteiger partial charge in [-0.1, -0.05) is 6.92 Å². The van der Waals surface area contributed by atoms with Crippen LogP contribution in [0.4, 0.5) is 4.39 Å². The van der Waals surface area contributed by atoms with Crippen LogP contribution in [0, 0.1) is 52.8 Å². The van der Waals surface area contributed by atoms with Crippen LogP contribution in [0.1, 0.15) is 58.3 Å². The molecule has 0 spiro atoms. The number of carbonyl (C=O) groups is 1. The minimum Gasteiger partial charge on any atom is -0.389 e. The van der Waals surface area contributed by atoms with Crippen LogP contribution in [0.15, 0.2) is 0 Å². The predicted molar refractivity (Wildman–Crippen MR) is 132 cm³/mol. The third kappa shape index (κ3) is 3.78. The Morgan fingerprint density at radius 3 is 2.29 bits per heavy atom. The third-order valence-electron chi connectivity index (χ3n) is 12.0. The summed E-state index contributed by atoms with van der Waals surface area (Å²) >= 11 is 0. The molecule has 8 heteroatoms. The van der Waals surface area contributed by atoms with Gasteiger partial charge in [-0.3, -0.25) is 14.1 Å². The van der Waals surface area contributed by atoms with E-state index in [-0.39, 0.29) is 29.8 Å². The number of aliphatic hydroxyl groups is 1.